The Morgan fingerprint density at radius 2 is 1.86 bits per heavy atom. The molecule has 1 aromatic rings. The minimum Gasteiger partial charge on any atom is -0.457 e. The van der Waals surface area contributed by atoms with Gasteiger partial charge in [-0.2, -0.15) is 13.2 Å². The Hall–Kier alpha value is -2.72. The van der Waals surface area contributed by atoms with E-state index in [0.717, 1.165) is 6.08 Å². The Morgan fingerprint density at radius 1 is 1.22 bits per heavy atom. The summed E-state index contributed by atoms with van der Waals surface area (Å²) >= 11 is 0. The molecule has 0 bridgehead atoms. The number of rotatable bonds is 2. The van der Waals surface area contributed by atoms with Gasteiger partial charge >= 0.3 is 12.1 Å². The molecule has 10 heteroatoms. The van der Waals surface area contributed by atoms with E-state index < -0.39 is 71.9 Å². The highest BCUT2D eigenvalue weighted by Gasteiger charge is 2.42. The number of aromatic nitrogens is 1. The van der Waals surface area contributed by atoms with Gasteiger partial charge in [-0.05, 0) is 31.9 Å². The molecule has 0 saturated heterocycles. The van der Waals surface area contributed by atoms with E-state index in [9.17, 15) is 33.0 Å². The lowest BCUT2D eigenvalue weighted by atomic mass is 9.73. The number of carbonyl (C=O) groups is 2. The summed E-state index contributed by atoms with van der Waals surface area (Å²) in [7, 11) is 0. The number of aryl methyl sites for hydroxylation is 1. The molecule has 0 saturated carbocycles. The molecule has 5 atom stereocenters. The Kier molecular flexibility index (Phi) is 10.1. The number of ether oxygens (including phenoxy) is 1. The number of hydrogen-bond acceptors (Lipinski definition) is 7. The van der Waals surface area contributed by atoms with Crippen LogP contribution >= 0.6 is 0 Å². The molecular formula is C27H36F3NO6. The zero-order valence-corrected chi connectivity index (χ0v) is 22.0. The van der Waals surface area contributed by atoms with Gasteiger partial charge in [0.1, 0.15) is 23.3 Å². The number of aliphatic hydroxyl groups is 2. The van der Waals surface area contributed by atoms with E-state index in [0.29, 0.717) is 17.0 Å². The molecule has 2 N–H and O–H groups in total. The van der Waals surface area contributed by atoms with Crippen molar-refractivity contribution in [1.29, 1.82) is 0 Å². The summed E-state index contributed by atoms with van der Waals surface area (Å²) in [5.74, 6) is -2.38. The molecule has 0 unspecified atom stereocenters. The average Bonchev–Trinajstić information content (AvgIpc) is 3.21. The topological polar surface area (TPSA) is 110 Å². The van der Waals surface area contributed by atoms with Crippen molar-refractivity contribution in [2.24, 2.45) is 17.3 Å². The maximum atomic E-state index is 13.7. The first-order chi connectivity index (χ1) is 17.0. The number of alkyl halides is 3. The molecule has 37 heavy (non-hydrogen) atoms. The molecule has 0 amide bonds. The molecule has 7 nitrogen and oxygen atoms in total. The van der Waals surface area contributed by atoms with E-state index >= 15 is 0 Å². The molecule has 206 valence electrons. The van der Waals surface area contributed by atoms with Crippen LogP contribution in [-0.2, 0) is 14.3 Å². The molecule has 0 spiro atoms. The number of hydrogen-bond donors (Lipinski definition) is 2. The van der Waals surface area contributed by atoms with Crippen molar-refractivity contribution in [3.8, 4) is 0 Å². The zero-order valence-electron chi connectivity index (χ0n) is 22.0. The van der Waals surface area contributed by atoms with Gasteiger partial charge in [-0.15, -0.1) is 0 Å². The van der Waals surface area contributed by atoms with E-state index in [1.54, 1.807) is 32.9 Å². The van der Waals surface area contributed by atoms with Gasteiger partial charge in [-0.3, -0.25) is 9.59 Å². The van der Waals surface area contributed by atoms with Gasteiger partial charge in [-0.25, -0.2) is 0 Å². The number of esters is 1. The maximum absolute atomic E-state index is 13.7. The highest BCUT2D eigenvalue weighted by molar-refractivity contribution is 5.88. The minimum absolute atomic E-state index is 0.277. The van der Waals surface area contributed by atoms with Crippen LogP contribution < -0.4 is 0 Å². The van der Waals surface area contributed by atoms with Crippen LogP contribution in [0, 0.1) is 24.2 Å². The van der Waals surface area contributed by atoms with Crippen LogP contribution in [0.25, 0.3) is 6.08 Å². The van der Waals surface area contributed by atoms with Gasteiger partial charge < -0.3 is 19.5 Å². The van der Waals surface area contributed by atoms with Gasteiger partial charge in [-0.1, -0.05) is 51.1 Å². The van der Waals surface area contributed by atoms with E-state index in [4.69, 9.17) is 9.26 Å². The minimum atomic E-state index is -4.63. The van der Waals surface area contributed by atoms with Crippen molar-refractivity contribution in [2.75, 3.05) is 0 Å². The number of carbonyl (C=O) groups excluding carboxylic acids is 2. The van der Waals surface area contributed by atoms with Crippen molar-refractivity contribution >= 4 is 17.8 Å². The van der Waals surface area contributed by atoms with Crippen LogP contribution in [0.4, 0.5) is 13.2 Å². The fraction of sp³-hybridized carbons (Fsp3) is 0.593. The molecule has 0 aromatic carbocycles. The predicted octanol–water partition coefficient (Wildman–Crippen LogP) is 5.12. The van der Waals surface area contributed by atoms with Crippen molar-refractivity contribution in [3.63, 3.8) is 0 Å². The second-order valence-corrected chi connectivity index (χ2v) is 10.3. The first-order valence-corrected chi connectivity index (χ1v) is 12.2. The number of ketones is 1. The summed E-state index contributed by atoms with van der Waals surface area (Å²) in [4.78, 5) is 25.9. The van der Waals surface area contributed by atoms with Crippen molar-refractivity contribution < 1.29 is 42.2 Å². The maximum Gasteiger partial charge on any atom is 0.412 e. The third-order valence-electron chi connectivity index (χ3n) is 6.82. The average molecular weight is 528 g/mol. The van der Waals surface area contributed by atoms with E-state index in [-0.39, 0.29) is 6.42 Å². The summed E-state index contributed by atoms with van der Waals surface area (Å²) in [5, 5.41) is 25.2. The van der Waals surface area contributed by atoms with Crippen LogP contribution in [-0.4, -0.2) is 51.6 Å². The Morgan fingerprint density at radius 3 is 2.43 bits per heavy atom. The number of nitrogens with zero attached hydrogens (tertiary/aromatic N) is 1. The molecule has 2 heterocycles. The third kappa shape index (κ3) is 8.13. The van der Waals surface area contributed by atoms with E-state index in [2.05, 4.69) is 5.16 Å². The number of halogens is 3. The summed E-state index contributed by atoms with van der Waals surface area (Å²) in [6.45, 7) is 9.33. The Bertz CT molecular complexity index is 1050. The van der Waals surface area contributed by atoms with Crippen molar-refractivity contribution in [1.82, 2.24) is 5.16 Å². The molecular weight excluding hydrogens is 491 g/mol. The lowest BCUT2D eigenvalue weighted by Gasteiger charge is -2.34. The highest BCUT2D eigenvalue weighted by atomic mass is 19.4. The van der Waals surface area contributed by atoms with Crippen LogP contribution in [0.3, 0.4) is 0 Å². The number of Topliss-reactive ketones (excluding diaryl/α,β-unsaturated/α-hetero) is 1. The normalized spacial score (nSPS) is 31.4. The standard InChI is InChI=1S/C27H36F3NO6/c1-15-8-7-9-19(27(28,29)30)10-11-21(16(2)12-20-13-17(3)37-31-20)36-23(33)14-22(32)26(5,6)25(35)18(4)24(15)34/h7-8,10,12-13,15,18,21-22,24,32,34H,9,11,14H2,1-6H3/b8-7-,16-12+,19-10+/t15-,18+,21-,22-,24-/m0/s1. The van der Waals surface area contributed by atoms with Crippen molar-refractivity contribution in [3.05, 3.63) is 46.9 Å². The first kappa shape index (κ1) is 30.5. The molecule has 1 aliphatic rings. The largest absolute Gasteiger partial charge is 0.457 e. The molecule has 0 radical (unpaired) electrons. The Balaban J connectivity index is 2.50. The smallest absolute Gasteiger partial charge is 0.412 e. The number of aliphatic hydroxyl groups excluding tert-OH is 2. The van der Waals surface area contributed by atoms with E-state index in [1.165, 1.54) is 32.9 Å². The SMILES string of the molecule is C/C(=C\c1cc(C)on1)[C@@H]1C/C=C(/C(F)(F)F)C/C=C\[C@H](C)[C@H](O)[C@@H](C)C(=O)C(C)(C)[C@@H](O)CC(=O)O1. The lowest BCUT2D eigenvalue weighted by molar-refractivity contribution is -0.154. The lowest BCUT2D eigenvalue weighted by Crippen LogP contribution is -2.45. The number of allylic oxidation sites excluding steroid dienone is 2. The molecule has 2 rings (SSSR count). The van der Waals surface area contributed by atoms with E-state index in [1.807, 2.05) is 0 Å². The van der Waals surface area contributed by atoms with Crippen LogP contribution in [0.15, 0.2) is 40.0 Å². The van der Waals surface area contributed by atoms with Gasteiger partial charge in [0.25, 0.3) is 0 Å². The second-order valence-electron chi connectivity index (χ2n) is 10.3. The second kappa shape index (κ2) is 12.2. The summed E-state index contributed by atoms with van der Waals surface area (Å²) < 4.78 is 51.7. The fourth-order valence-corrected chi connectivity index (χ4v) is 4.18. The fourth-order valence-electron chi connectivity index (χ4n) is 4.18. The zero-order chi connectivity index (χ0) is 28.1. The first-order valence-electron chi connectivity index (χ1n) is 12.2. The van der Waals surface area contributed by atoms with Gasteiger partial charge in [0.2, 0.25) is 0 Å². The predicted molar refractivity (Wildman–Crippen MR) is 131 cm³/mol. The molecule has 1 aliphatic heterocycles. The third-order valence-corrected chi connectivity index (χ3v) is 6.82. The van der Waals surface area contributed by atoms with Crippen LogP contribution in [0.2, 0.25) is 0 Å². The van der Waals surface area contributed by atoms with Crippen LogP contribution in [0.1, 0.15) is 65.3 Å². The van der Waals surface area contributed by atoms with Gasteiger partial charge in [0.15, 0.2) is 0 Å². The monoisotopic (exact) mass is 527 g/mol. The highest BCUT2D eigenvalue weighted by Crippen LogP contribution is 2.33. The summed E-state index contributed by atoms with van der Waals surface area (Å²) in [6, 6.07) is 1.62. The Labute approximate surface area is 215 Å². The molecule has 0 aliphatic carbocycles. The van der Waals surface area contributed by atoms with Crippen LogP contribution in [0.5, 0.6) is 0 Å². The van der Waals surface area contributed by atoms with Gasteiger partial charge in [0, 0.05) is 29.9 Å². The quantitative estimate of drug-likeness (QED) is 0.406. The molecule has 0 fully saturated rings. The summed E-state index contributed by atoms with van der Waals surface area (Å²) in [5.41, 5.74) is -1.39. The summed E-state index contributed by atoms with van der Waals surface area (Å²) in [6.07, 6.45) is -4.36. The van der Waals surface area contributed by atoms with Gasteiger partial charge in [0.05, 0.1) is 24.0 Å². The van der Waals surface area contributed by atoms with Crippen molar-refractivity contribution in [2.45, 2.75) is 85.3 Å². The number of cyclic esters (lactones) is 1. The molecule has 1 aromatic heterocycles.